The van der Waals surface area contributed by atoms with Crippen LogP contribution in [0.25, 0.3) is 0 Å². The first-order valence-electron chi connectivity index (χ1n) is 4.54. The predicted octanol–water partition coefficient (Wildman–Crippen LogP) is 1.48. The van der Waals surface area contributed by atoms with Crippen molar-refractivity contribution in [2.24, 2.45) is 0 Å². The highest BCUT2D eigenvalue weighted by molar-refractivity contribution is 9.10. The van der Waals surface area contributed by atoms with Gasteiger partial charge in [0, 0.05) is 13.1 Å². The number of nitrogens with zero attached hydrogens (tertiary/aromatic N) is 3. The summed E-state index contributed by atoms with van der Waals surface area (Å²) < 4.78 is 0.600. The lowest BCUT2D eigenvalue weighted by atomic mass is 10.4. The summed E-state index contributed by atoms with van der Waals surface area (Å²) in [5.41, 5.74) is 0.418. The summed E-state index contributed by atoms with van der Waals surface area (Å²) in [6.07, 6.45) is 5.26. The summed E-state index contributed by atoms with van der Waals surface area (Å²) in [6, 6.07) is 0. The van der Waals surface area contributed by atoms with Crippen LogP contribution in [-0.4, -0.2) is 33.9 Å². The van der Waals surface area contributed by atoms with Crippen LogP contribution in [0.3, 0.4) is 0 Å². The van der Waals surface area contributed by atoms with Crippen molar-refractivity contribution in [1.29, 1.82) is 0 Å². The van der Waals surface area contributed by atoms with E-state index in [9.17, 15) is 4.79 Å². The second-order valence-electron chi connectivity index (χ2n) is 3.23. The molecule has 1 aromatic rings. The van der Waals surface area contributed by atoms with Crippen LogP contribution in [0, 0.1) is 0 Å². The molecule has 0 aromatic carbocycles. The highest BCUT2D eigenvalue weighted by Crippen LogP contribution is 2.12. The molecule has 2 heterocycles. The fraction of sp³-hybridized carbons (Fsp3) is 0.444. The first-order chi connectivity index (χ1) is 6.77. The second-order valence-corrected chi connectivity index (χ2v) is 4.04. The lowest BCUT2D eigenvalue weighted by molar-refractivity contribution is 0.0786. The number of carbonyl (C=O) groups is 1. The Balaban J connectivity index is 2.17. The molecule has 1 aromatic heterocycles. The van der Waals surface area contributed by atoms with Gasteiger partial charge in [0.05, 0.1) is 12.4 Å². The van der Waals surface area contributed by atoms with Gasteiger partial charge >= 0.3 is 0 Å². The van der Waals surface area contributed by atoms with Gasteiger partial charge in [-0.25, -0.2) is 4.98 Å². The summed E-state index contributed by atoms with van der Waals surface area (Å²) >= 11 is 3.19. The molecule has 5 heteroatoms. The van der Waals surface area contributed by atoms with Crippen LogP contribution in [0.15, 0.2) is 17.0 Å². The number of rotatable bonds is 1. The van der Waals surface area contributed by atoms with Crippen LogP contribution in [0.1, 0.15) is 23.3 Å². The minimum Gasteiger partial charge on any atom is -0.337 e. The fourth-order valence-electron chi connectivity index (χ4n) is 1.53. The van der Waals surface area contributed by atoms with Crippen molar-refractivity contribution in [1.82, 2.24) is 14.9 Å². The lowest BCUT2D eigenvalue weighted by Crippen LogP contribution is -2.28. The number of amides is 1. The Morgan fingerprint density at radius 2 is 2.07 bits per heavy atom. The Bertz CT molecular complexity index is 350. The zero-order valence-electron chi connectivity index (χ0n) is 7.61. The zero-order valence-corrected chi connectivity index (χ0v) is 9.20. The van der Waals surface area contributed by atoms with Crippen molar-refractivity contribution in [3.05, 3.63) is 22.7 Å². The lowest BCUT2D eigenvalue weighted by Gasteiger charge is -2.13. The summed E-state index contributed by atoms with van der Waals surface area (Å²) in [4.78, 5) is 21.6. The summed E-state index contributed by atoms with van der Waals surface area (Å²) in [7, 11) is 0. The van der Waals surface area contributed by atoms with Gasteiger partial charge in [0.2, 0.25) is 0 Å². The van der Waals surface area contributed by atoms with Gasteiger partial charge in [-0.3, -0.25) is 9.78 Å². The van der Waals surface area contributed by atoms with Crippen LogP contribution in [0.4, 0.5) is 0 Å². The van der Waals surface area contributed by atoms with Crippen LogP contribution in [0.5, 0.6) is 0 Å². The van der Waals surface area contributed by atoms with Gasteiger partial charge in [-0.1, -0.05) is 0 Å². The smallest absolute Gasteiger partial charge is 0.274 e. The molecular weight excluding hydrogens is 246 g/mol. The van der Waals surface area contributed by atoms with Crippen molar-refractivity contribution in [3.63, 3.8) is 0 Å². The fourth-order valence-corrected chi connectivity index (χ4v) is 1.84. The molecule has 1 aliphatic rings. The van der Waals surface area contributed by atoms with Gasteiger partial charge in [-0.05, 0) is 28.8 Å². The maximum absolute atomic E-state index is 11.8. The van der Waals surface area contributed by atoms with E-state index in [0.29, 0.717) is 10.3 Å². The topological polar surface area (TPSA) is 46.1 Å². The number of carbonyl (C=O) groups excluding carboxylic acids is 1. The van der Waals surface area contributed by atoms with Crippen molar-refractivity contribution in [2.45, 2.75) is 12.8 Å². The Morgan fingerprint density at radius 3 is 2.71 bits per heavy atom. The third-order valence-electron chi connectivity index (χ3n) is 2.22. The van der Waals surface area contributed by atoms with E-state index in [0.717, 1.165) is 25.9 Å². The monoisotopic (exact) mass is 255 g/mol. The van der Waals surface area contributed by atoms with E-state index in [1.165, 1.54) is 6.20 Å². The van der Waals surface area contributed by atoms with E-state index >= 15 is 0 Å². The van der Waals surface area contributed by atoms with E-state index in [1.807, 2.05) is 4.90 Å². The van der Waals surface area contributed by atoms with Gasteiger partial charge in [0.15, 0.2) is 0 Å². The van der Waals surface area contributed by atoms with Gasteiger partial charge < -0.3 is 4.90 Å². The molecule has 0 N–H and O–H groups in total. The molecule has 14 heavy (non-hydrogen) atoms. The zero-order chi connectivity index (χ0) is 9.97. The Kier molecular flexibility index (Phi) is 2.77. The van der Waals surface area contributed by atoms with E-state index in [2.05, 4.69) is 25.9 Å². The molecule has 0 atom stereocenters. The molecule has 2 rings (SSSR count). The standard InChI is InChI=1S/C9H10BrN3O/c10-8-6-11-5-7(12-8)9(14)13-3-1-2-4-13/h5-6H,1-4H2. The van der Waals surface area contributed by atoms with E-state index < -0.39 is 0 Å². The number of hydrogen-bond donors (Lipinski definition) is 0. The third-order valence-corrected chi connectivity index (χ3v) is 2.60. The Hall–Kier alpha value is -0.970. The highest BCUT2D eigenvalue weighted by atomic mass is 79.9. The van der Waals surface area contributed by atoms with E-state index in [4.69, 9.17) is 0 Å². The molecule has 0 saturated carbocycles. The van der Waals surface area contributed by atoms with E-state index in [-0.39, 0.29) is 5.91 Å². The number of hydrogen-bond acceptors (Lipinski definition) is 3. The van der Waals surface area contributed by atoms with Crippen molar-refractivity contribution < 1.29 is 4.79 Å². The molecule has 1 fully saturated rings. The quantitative estimate of drug-likeness (QED) is 0.764. The molecule has 0 radical (unpaired) electrons. The summed E-state index contributed by atoms with van der Waals surface area (Å²) in [5, 5.41) is 0. The van der Waals surface area contributed by atoms with Crippen LogP contribution in [0.2, 0.25) is 0 Å². The summed E-state index contributed by atoms with van der Waals surface area (Å²) in [6.45, 7) is 1.68. The Labute approximate surface area is 90.5 Å². The van der Waals surface area contributed by atoms with Gasteiger partial charge in [-0.2, -0.15) is 0 Å². The predicted molar refractivity (Wildman–Crippen MR) is 54.9 cm³/mol. The van der Waals surface area contributed by atoms with Crippen LogP contribution in [-0.2, 0) is 0 Å². The molecular formula is C9H10BrN3O. The SMILES string of the molecule is O=C(c1cncc(Br)n1)N1CCCC1. The van der Waals surface area contributed by atoms with Gasteiger partial charge in [0.25, 0.3) is 5.91 Å². The largest absolute Gasteiger partial charge is 0.337 e. The van der Waals surface area contributed by atoms with Crippen molar-refractivity contribution in [2.75, 3.05) is 13.1 Å². The molecule has 0 spiro atoms. The maximum atomic E-state index is 11.8. The number of halogens is 1. The second kappa shape index (κ2) is 4.04. The summed E-state index contributed by atoms with van der Waals surface area (Å²) in [5.74, 6) is -0.0173. The van der Waals surface area contributed by atoms with Crippen LogP contribution < -0.4 is 0 Å². The molecule has 1 amide bonds. The first-order valence-corrected chi connectivity index (χ1v) is 5.33. The molecule has 0 bridgehead atoms. The highest BCUT2D eigenvalue weighted by Gasteiger charge is 2.20. The average molecular weight is 256 g/mol. The molecule has 0 aliphatic carbocycles. The minimum absolute atomic E-state index is 0.0173. The van der Waals surface area contributed by atoms with E-state index in [1.54, 1.807) is 6.20 Å². The molecule has 0 unspecified atom stereocenters. The third kappa shape index (κ3) is 1.92. The normalized spacial score (nSPS) is 15.9. The molecule has 1 saturated heterocycles. The number of likely N-dealkylation sites (tertiary alicyclic amines) is 1. The molecule has 74 valence electrons. The average Bonchev–Trinajstić information content (AvgIpc) is 2.69. The first kappa shape index (κ1) is 9.58. The van der Waals surface area contributed by atoms with Crippen molar-refractivity contribution >= 4 is 21.8 Å². The Morgan fingerprint density at radius 1 is 1.36 bits per heavy atom. The number of aromatic nitrogens is 2. The molecule has 4 nitrogen and oxygen atoms in total. The van der Waals surface area contributed by atoms with Gasteiger partial charge in [-0.15, -0.1) is 0 Å². The van der Waals surface area contributed by atoms with Crippen LogP contribution >= 0.6 is 15.9 Å². The minimum atomic E-state index is -0.0173. The maximum Gasteiger partial charge on any atom is 0.274 e. The molecule has 1 aliphatic heterocycles. The van der Waals surface area contributed by atoms with Gasteiger partial charge in [0.1, 0.15) is 10.3 Å². The van der Waals surface area contributed by atoms with Crippen molar-refractivity contribution in [3.8, 4) is 0 Å².